The molecule has 0 atom stereocenters. The lowest BCUT2D eigenvalue weighted by Gasteiger charge is -2.17. The Bertz CT molecular complexity index is 615. The zero-order valence-electron chi connectivity index (χ0n) is 11.9. The van der Waals surface area contributed by atoms with E-state index >= 15 is 0 Å². The number of amides is 2. The molecule has 1 heterocycles. The van der Waals surface area contributed by atoms with Crippen LogP contribution in [0.2, 0.25) is 4.34 Å². The first kappa shape index (κ1) is 15.7. The fourth-order valence-corrected chi connectivity index (χ4v) is 3.04. The number of nitrogens with zero attached hydrogens (tertiary/aromatic N) is 1. The lowest BCUT2D eigenvalue weighted by atomic mass is 10.2. The molecule has 0 spiro atoms. The minimum atomic E-state index is -0.134. The van der Waals surface area contributed by atoms with Gasteiger partial charge in [0.05, 0.1) is 18.0 Å². The van der Waals surface area contributed by atoms with E-state index in [1.165, 1.54) is 11.3 Å². The van der Waals surface area contributed by atoms with Gasteiger partial charge in [0, 0.05) is 24.0 Å². The molecule has 0 unspecified atom stereocenters. The normalized spacial score (nSPS) is 10.2. The molecular weight excluding hydrogens is 308 g/mol. The number of methoxy groups -OCH3 is 1. The van der Waals surface area contributed by atoms with Gasteiger partial charge in [-0.25, -0.2) is 4.79 Å². The van der Waals surface area contributed by atoms with E-state index < -0.39 is 0 Å². The summed E-state index contributed by atoms with van der Waals surface area (Å²) >= 11 is 7.36. The summed E-state index contributed by atoms with van der Waals surface area (Å²) in [4.78, 5) is 14.7. The van der Waals surface area contributed by atoms with Crippen molar-refractivity contribution in [2.75, 3.05) is 14.2 Å². The van der Waals surface area contributed by atoms with Crippen molar-refractivity contribution < 1.29 is 9.53 Å². The molecule has 0 saturated carbocycles. The van der Waals surface area contributed by atoms with Crippen LogP contribution in [0.3, 0.4) is 0 Å². The molecule has 1 aromatic carbocycles. The van der Waals surface area contributed by atoms with E-state index in [1.807, 2.05) is 36.4 Å². The number of halogens is 1. The van der Waals surface area contributed by atoms with Crippen molar-refractivity contribution in [3.05, 3.63) is 51.2 Å². The highest BCUT2D eigenvalue weighted by atomic mass is 35.5. The van der Waals surface area contributed by atoms with Gasteiger partial charge in [-0.3, -0.25) is 0 Å². The Hall–Kier alpha value is -1.72. The van der Waals surface area contributed by atoms with E-state index in [2.05, 4.69) is 5.32 Å². The van der Waals surface area contributed by atoms with Crippen LogP contribution in [-0.4, -0.2) is 25.1 Å². The predicted molar refractivity (Wildman–Crippen MR) is 86.0 cm³/mol. The maximum Gasteiger partial charge on any atom is 0.317 e. The van der Waals surface area contributed by atoms with Gasteiger partial charge in [-0.2, -0.15) is 0 Å². The predicted octanol–water partition coefficient (Wildman–Crippen LogP) is 3.75. The number of ether oxygens (including phenoxy) is 1. The molecule has 0 bridgehead atoms. The SMILES string of the molecule is COc1ccccc1CNC(=O)N(C)Cc1ccc(Cl)s1. The number of hydrogen-bond acceptors (Lipinski definition) is 3. The van der Waals surface area contributed by atoms with Crippen molar-refractivity contribution in [1.29, 1.82) is 0 Å². The summed E-state index contributed by atoms with van der Waals surface area (Å²) in [6.07, 6.45) is 0. The molecule has 2 amide bonds. The van der Waals surface area contributed by atoms with Gasteiger partial charge in [0.1, 0.15) is 5.75 Å². The number of carbonyl (C=O) groups excluding carboxylic acids is 1. The van der Waals surface area contributed by atoms with Gasteiger partial charge in [0.15, 0.2) is 0 Å². The molecule has 0 aliphatic rings. The molecule has 0 radical (unpaired) electrons. The van der Waals surface area contributed by atoms with Crippen LogP contribution in [0.4, 0.5) is 4.79 Å². The van der Waals surface area contributed by atoms with Crippen LogP contribution in [0.25, 0.3) is 0 Å². The van der Waals surface area contributed by atoms with Crippen molar-refractivity contribution >= 4 is 29.0 Å². The number of para-hydroxylation sites is 1. The largest absolute Gasteiger partial charge is 0.496 e. The second-order valence-electron chi connectivity index (χ2n) is 4.53. The Morgan fingerprint density at radius 1 is 1.33 bits per heavy atom. The number of hydrogen-bond donors (Lipinski definition) is 1. The Morgan fingerprint density at radius 3 is 2.76 bits per heavy atom. The van der Waals surface area contributed by atoms with Crippen molar-refractivity contribution in [2.45, 2.75) is 13.1 Å². The van der Waals surface area contributed by atoms with Gasteiger partial charge in [0.2, 0.25) is 0 Å². The summed E-state index contributed by atoms with van der Waals surface area (Å²) in [7, 11) is 3.37. The number of rotatable bonds is 5. The lowest BCUT2D eigenvalue weighted by molar-refractivity contribution is 0.206. The molecule has 1 aromatic heterocycles. The minimum Gasteiger partial charge on any atom is -0.496 e. The summed E-state index contributed by atoms with van der Waals surface area (Å²) < 4.78 is 5.99. The van der Waals surface area contributed by atoms with Gasteiger partial charge < -0.3 is 15.0 Å². The van der Waals surface area contributed by atoms with Gasteiger partial charge in [-0.1, -0.05) is 29.8 Å². The molecule has 4 nitrogen and oxygen atoms in total. The van der Waals surface area contributed by atoms with Crippen molar-refractivity contribution in [3.63, 3.8) is 0 Å². The van der Waals surface area contributed by atoms with Gasteiger partial charge >= 0.3 is 6.03 Å². The number of benzene rings is 1. The van der Waals surface area contributed by atoms with Crippen LogP contribution in [0, 0.1) is 0 Å². The Balaban J connectivity index is 1.89. The van der Waals surface area contributed by atoms with Crippen molar-refractivity contribution in [1.82, 2.24) is 10.2 Å². The molecule has 21 heavy (non-hydrogen) atoms. The van der Waals surface area contributed by atoms with Crippen molar-refractivity contribution in [3.8, 4) is 5.75 Å². The van der Waals surface area contributed by atoms with Crippen LogP contribution in [0.1, 0.15) is 10.4 Å². The van der Waals surface area contributed by atoms with E-state index in [0.29, 0.717) is 13.1 Å². The van der Waals surface area contributed by atoms with E-state index in [4.69, 9.17) is 16.3 Å². The second-order valence-corrected chi connectivity index (χ2v) is 6.33. The third-order valence-corrected chi connectivity index (χ3v) is 4.21. The van der Waals surface area contributed by atoms with Crippen LogP contribution < -0.4 is 10.1 Å². The maximum absolute atomic E-state index is 12.1. The summed E-state index contributed by atoms with van der Waals surface area (Å²) in [6, 6.07) is 11.2. The quantitative estimate of drug-likeness (QED) is 0.910. The smallest absolute Gasteiger partial charge is 0.317 e. The molecule has 0 aliphatic carbocycles. The molecule has 0 fully saturated rings. The van der Waals surface area contributed by atoms with Crippen LogP contribution in [0.15, 0.2) is 36.4 Å². The number of carbonyl (C=O) groups is 1. The first-order valence-electron chi connectivity index (χ1n) is 6.45. The molecule has 112 valence electrons. The number of urea groups is 1. The third-order valence-electron chi connectivity index (χ3n) is 2.99. The summed E-state index contributed by atoms with van der Waals surface area (Å²) in [5.74, 6) is 0.769. The number of thiophene rings is 1. The average molecular weight is 325 g/mol. The summed E-state index contributed by atoms with van der Waals surface area (Å²) in [6.45, 7) is 0.966. The highest BCUT2D eigenvalue weighted by Gasteiger charge is 2.11. The Kier molecular flexibility index (Phi) is 5.47. The van der Waals surface area contributed by atoms with E-state index in [9.17, 15) is 4.79 Å². The monoisotopic (exact) mass is 324 g/mol. The fraction of sp³-hybridized carbons (Fsp3) is 0.267. The molecule has 2 aromatic rings. The average Bonchev–Trinajstić information content (AvgIpc) is 2.90. The topological polar surface area (TPSA) is 41.6 Å². The zero-order valence-corrected chi connectivity index (χ0v) is 13.5. The Labute approximate surface area is 133 Å². The van der Waals surface area contributed by atoms with Crippen LogP contribution in [0.5, 0.6) is 5.75 Å². The van der Waals surface area contributed by atoms with E-state index in [-0.39, 0.29) is 6.03 Å². The zero-order chi connectivity index (χ0) is 15.2. The Morgan fingerprint density at radius 2 is 2.10 bits per heavy atom. The van der Waals surface area contributed by atoms with E-state index in [1.54, 1.807) is 19.1 Å². The van der Waals surface area contributed by atoms with Crippen molar-refractivity contribution in [2.24, 2.45) is 0 Å². The fourth-order valence-electron chi connectivity index (χ4n) is 1.90. The standard InChI is InChI=1S/C15H17ClN2O2S/c1-18(10-12-7-8-14(16)21-12)15(19)17-9-11-5-3-4-6-13(11)20-2/h3-8H,9-10H2,1-2H3,(H,17,19). The van der Waals surface area contributed by atoms with Gasteiger partial charge in [-0.05, 0) is 18.2 Å². The second kappa shape index (κ2) is 7.33. The molecule has 6 heteroatoms. The lowest BCUT2D eigenvalue weighted by Crippen LogP contribution is -2.36. The highest BCUT2D eigenvalue weighted by Crippen LogP contribution is 2.22. The summed E-state index contributed by atoms with van der Waals surface area (Å²) in [5, 5.41) is 2.88. The van der Waals surface area contributed by atoms with Crippen LogP contribution in [-0.2, 0) is 13.1 Å². The molecule has 0 saturated heterocycles. The van der Waals surface area contributed by atoms with E-state index in [0.717, 1.165) is 20.5 Å². The first-order chi connectivity index (χ1) is 10.1. The van der Waals surface area contributed by atoms with Gasteiger partial charge in [0.25, 0.3) is 0 Å². The molecule has 0 aliphatic heterocycles. The maximum atomic E-state index is 12.1. The first-order valence-corrected chi connectivity index (χ1v) is 7.64. The molecule has 1 N–H and O–H groups in total. The highest BCUT2D eigenvalue weighted by molar-refractivity contribution is 7.16. The van der Waals surface area contributed by atoms with Crippen LogP contribution >= 0.6 is 22.9 Å². The summed E-state index contributed by atoms with van der Waals surface area (Å²) in [5.41, 5.74) is 0.945. The number of nitrogens with one attached hydrogen (secondary N) is 1. The molecular formula is C15H17ClN2O2S. The molecule has 2 rings (SSSR count). The van der Waals surface area contributed by atoms with Gasteiger partial charge in [-0.15, -0.1) is 11.3 Å². The third kappa shape index (κ3) is 4.37. The minimum absolute atomic E-state index is 0.134.